The first-order valence-corrected chi connectivity index (χ1v) is 8.17. The second-order valence-electron chi connectivity index (χ2n) is 5.49. The smallest absolute Gasteiger partial charge is 0.277 e. The van der Waals surface area contributed by atoms with Gasteiger partial charge in [-0.25, -0.2) is 9.97 Å². The number of benzene rings is 2. The van der Waals surface area contributed by atoms with Crippen LogP contribution in [0.5, 0.6) is 0 Å². The van der Waals surface area contributed by atoms with E-state index in [0.29, 0.717) is 23.6 Å². The van der Waals surface area contributed by atoms with E-state index in [4.69, 9.17) is 5.26 Å². The van der Waals surface area contributed by atoms with Crippen LogP contribution in [0.2, 0.25) is 0 Å². The van der Waals surface area contributed by atoms with Crippen molar-refractivity contribution in [2.75, 3.05) is 16.8 Å². The molecular weight excluding hydrogens is 326 g/mol. The highest BCUT2D eigenvalue weighted by molar-refractivity contribution is 6.05. The highest BCUT2D eigenvalue weighted by atomic mass is 16.2. The van der Waals surface area contributed by atoms with Crippen LogP contribution in [0.25, 0.3) is 0 Å². The van der Waals surface area contributed by atoms with Gasteiger partial charge in [0.15, 0.2) is 0 Å². The summed E-state index contributed by atoms with van der Waals surface area (Å²) in [5.74, 6) is 0.321. The Balaban J connectivity index is 1.81. The lowest BCUT2D eigenvalue weighted by atomic mass is 10.2. The molecule has 3 aromatic rings. The van der Waals surface area contributed by atoms with Crippen molar-refractivity contribution in [3.05, 3.63) is 78.2 Å². The number of hydrogen-bond acceptors (Lipinski definition) is 5. The number of nitrogens with zero attached hydrogens (tertiary/aromatic N) is 4. The maximum atomic E-state index is 12.8. The van der Waals surface area contributed by atoms with Gasteiger partial charge in [0.1, 0.15) is 17.8 Å². The average Bonchev–Trinajstić information content (AvgIpc) is 2.70. The summed E-state index contributed by atoms with van der Waals surface area (Å²) in [6, 6.07) is 20.1. The van der Waals surface area contributed by atoms with E-state index in [2.05, 4.69) is 21.4 Å². The summed E-state index contributed by atoms with van der Waals surface area (Å²) in [6.45, 7) is 2.45. The minimum absolute atomic E-state index is 0.191. The van der Waals surface area contributed by atoms with Gasteiger partial charge >= 0.3 is 0 Å². The summed E-state index contributed by atoms with van der Waals surface area (Å²) in [5.41, 5.74) is 2.48. The average molecular weight is 343 g/mol. The molecule has 26 heavy (non-hydrogen) atoms. The van der Waals surface area contributed by atoms with Crippen LogP contribution in [0.4, 0.5) is 17.2 Å². The van der Waals surface area contributed by atoms with E-state index in [9.17, 15) is 4.79 Å². The van der Waals surface area contributed by atoms with E-state index in [1.54, 1.807) is 35.2 Å². The molecule has 0 fully saturated rings. The van der Waals surface area contributed by atoms with Crippen molar-refractivity contribution in [1.82, 2.24) is 9.97 Å². The minimum atomic E-state index is -0.191. The highest BCUT2D eigenvalue weighted by Gasteiger charge is 2.17. The summed E-state index contributed by atoms with van der Waals surface area (Å²) in [7, 11) is 0. The van der Waals surface area contributed by atoms with E-state index >= 15 is 0 Å². The second kappa shape index (κ2) is 7.90. The number of anilines is 3. The molecule has 1 heterocycles. The van der Waals surface area contributed by atoms with Crippen molar-refractivity contribution < 1.29 is 4.79 Å². The first-order chi connectivity index (χ1) is 12.7. The fourth-order valence-corrected chi connectivity index (χ4v) is 2.51. The molecule has 0 atom stereocenters. The summed E-state index contributed by atoms with van der Waals surface area (Å²) >= 11 is 0. The molecule has 0 radical (unpaired) electrons. The number of carbonyl (C=O) groups is 1. The van der Waals surface area contributed by atoms with Crippen LogP contribution in [0, 0.1) is 11.3 Å². The van der Waals surface area contributed by atoms with Crippen LogP contribution in [0.3, 0.4) is 0 Å². The number of nitriles is 1. The Morgan fingerprint density at radius 1 is 1.12 bits per heavy atom. The Morgan fingerprint density at radius 2 is 1.85 bits per heavy atom. The van der Waals surface area contributed by atoms with Crippen molar-refractivity contribution in [2.45, 2.75) is 6.92 Å². The fraction of sp³-hybridized carbons (Fsp3) is 0.100. The van der Waals surface area contributed by atoms with Crippen molar-refractivity contribution in [1.29, 1.82) is 5.26 Å². The highest BCUT2D eigenvalue weighted by Crippen LogP contribution is 2.18. The normalized spacial score (nSPS) is 10.0. The van der Waals surface area contributed by atoms with Crippen LogP contribution < -0.4 is 10.2 Å². The Hall–Kier alpha value is -3.72. The van der Waals surface area contributed by atoms with Crippen molar-refractivity contribution in [3.8, 4) is 6.07 Å². The van der Waals surface area contributed by atoms with Gasteiger partial charge in [-0.15, -0.1) is 0 Å². The SMILES string of the molecule is CCN(C(=O)c1cc(Nc2ccc(C#N)cc2)ncn1)c1ccccc1. The first-order valence-electron chi connectivity index (χ1n) is 8.17. The number of para-hydroxylation sites is 1. The summed E-state index contributed by atoms with van der Waals surface area (Å²) < 4.78 is 0. The van der Waals surface area contributed by atoms with E-state index < -0.39 is 0 Å². The van der Waals surface area contributed by atoms with E-state index in [-0.39, 0.29) is 5.91 Å². The zero-order valence-corrected chi connectivity index (χ0v) is 14.3. The molecule has 0 aliphatic rings. The molecule has 2 aromatic carbocycles. The van der Waals surface area contributed by atoms with E-state index in [1.807, 2.05) is 37.3 Å². The fourth-order valence-electron chi connectivity index (χ4n) is 2.51. The third-order valence-corrected chi connectivity index (χ3v) is 3.80. The summed E-state index contributed by atoms with van der Waals surface area (Å²) in [6.07, 6.45) is 1.36. The molecule has 0 aliphatic carbocycles. The van der Waals surface area contributed by atoms with Gasteiger partial charge in [0, 0.05) is 24.0 Å². The lowest BCUT2D eigenvalue weighted by Gasteiger charge is -2.20. The summed E-state index contributed by atoms with van der Waals surface area (Å²) in [4.78, 5) is 22.8. The molecule has 0 aliphatic heterocycles. The second-order valence-corrected chi connectivity index (χ2v) is 5.49. The van der Waals surface area contributed by atoms with Gasteiger partial charge < -0.3 is 10.2 Å². The Labute approximate surface area is 151 Å². The lowest BCUT2D eigenvalue weighted by Crippen LogP contribution is -2.31. The predicted octanol–water partition coefficient (Wildman–Crippen LogP) is 3.76. The quantitative estimate of drug-likeness (QED) is 0.763. The zero-order chi connectivity index (χ0) is 18.4. The summed E-state index contributed by atoms with van der Waals surface area (Å²) in [5, 5.41) is 12.0. The number of hydrogen-bond donors (Lipinski definition) is 1. The van der Waals surface area contributed by atoms with Crippen LogP contribution >= 0.6 is 0 Å². The van der Waals surface area contributed by atoms with Gasteiger partial charge in [-0.1, -0.05) is 18.2 Å². The maximum absolute atomic E-state index is 12.8. The largest absolute Gasteiger partial charge is 0.340 e. The van der Waals surface area contributed by atoms with Crippen molar-refractivity contribution in [3.63, 3.8) is 0 Å². The van der Waals surface area contributed by atoms with E-state index in [0.717, 1.165) is 11.4 Å². The van der Waals surface area contributed by atoms with Crippen molar-refractivity contribution >= 4 is 23.1 Å². The molecular formula is C20H17N5O. The number of amides is 1. The topological polar surface area (TPSA) is 81.9 Å². The Kier molecular flexibility index (Phi) is 5.20. The van der Waals surface area contributed by atoms with Gasteiger partial charge in [0.05, 0.1) is 11.6 Å². The van der Waals surface area contributed by atoms with Crippen LogP contribution in [0.1, 0.15) is 23.0 Å². The molecule has 128 valence electrons. The van der Waals surface area contributed by atoms with Gasteiger partial charge in [-0.05, 0) is 43.3 Å². The lowest BCUT2D eigenvalue weighted by molar-refractivity contribution is 0.0983. The first kappa shape index (κ1) is 17.1. The standard InChI is InChI=1S/C20H17N5O/c1-2-25(17-6-4-3-5-7-17)20(26)18-12-19(23-14-22-18)24-16-10-8-15(13-21)9-11-16/h3-12,14H,2H2,1H3,(H,22,23,24). The Bertz CT molecular complexity index is 932. The molecule has 0 bridgehead atoms. The van der Waals surface area contributed by atoms with Gasteiger partial charge in [-0.3, -0.25) is 4.79 Å². The molecule has 0 unspecified atom stereocenters. The van der Waals surface area contributed by atoms with Gasteiger partial charge in [0.2, 0.25) is 0 Å². The van der Waals surface area contributed by atoms with Crippen molar-refractivity contribution in [2.24, 2.45) is 0 Å². The van der Waals surface area contributed by atoms with Crippen LogP contribution in [0.15, 0.2) is 67.0 Å². The van der Waals surface area contributed by atoms with Crippen LogP contribution in [-0.2, 0) is 0 Å². The molecule has 3 rings (SSSR count). The molecule has 1 amide bonds. The van der Waals surface area contributed by atoms with E-state index in [1.165, 1.54) is 6.33 Å². The zero-order valence-electron chi connectivity index (χ0n) is 14.3. The Morgan fingerprint density at radius 3 is 2.50 bits per heavy atom. The monoisotopic (exact) mass is 343 g/mol. The minimum Gasteiger partial charge on any atom is -0.340 e. The maximum Gasteiger partial charge on any atom is 0.277 e. The molecule has 1 aromatic heterocycles. The predicted molar refractivity (Wildman–Crippen MR) is 100 cm³/mol. The number of aromatic nitrogens is 2. The molecule has 6 nitrogen and oxygen atoms in total. The molecule has 0 saturated heterocycles. The molecule has 0 saturated carbocycles. The third kappa shape index (κ3) is 3.84. The number of rotatable bonds is 5. The van der Waals surface area contributed by atoms with Gasteiger partial charge in [-0.2, -0.15) is 5.26 Å². The van der Waals surface area contributed by atoms with Gasteiger partial charge in [0.25, 0.3) is 5.91 Å². The molecule has 0 spiro atoms. The number of carbonyl (C=O) groups excluding carboxylic acids is 1. The molecule has 1 N–H and O–H groups in total. The van der Waals surface area contributed by atoms with Crippen LogP contribution in [-0.4, -0.2) is 22.4 Å². The number of nitrogens with one attached hydrogen (secondary N) is 1. The molecule has 6 heteroatoms. The third-order valence-electron chi connectivity index (χ3n) is 3.80.